The third-order valence-corrected chi connectivity index (χ3v) is 6.06. The lowest BCUT2D eigenvalue weighted by Gasteiger charge is -2.28. The van der Waals surface area contributed by atoms with Crippen LogP contribution in [-0.4, -0.2) is 26.0 Å². The second-order valence-corrected chi connectivity index (χ2v) is 8.46. The van der Waals surface area contributed by atoms with E-state index in [9.17, 15) is 17.6 Å². The lowest BCUT2D eigenvalue weighted by atomic mass is 10.1. The summed E-state index contributed by atoms with van der Waals surface area (Å²) in [6.07, 6.45) is 0.177. The maximum absolute atomic E-state index is 13.2. The van der Waals surface area contributed by atoms with Gasteiger partial charge in [-0.3, -0.25) is 4.90 Å². The molecule has 0 aliphatic carbocycles. The van der Waals surface area contributed by atoms with E-state index in [4.69, 9.17) is 0 Å². The highest BCUT2D eigenvalue weighted by atomic mass is 19.4. The maximum Gasteiger partial charge on any atom is 0.416 e. The Kier molecular flexibility index (Phi) is 5.91. The Morgan fingerprint density at radius 1 is 0.912 bits per heavy atom. The van der Waals surface area contributed by atoms with Crippen LogP contribution in [0.3, 0.4) is 0 Å². The Morgan fingerprint density at radius 3 is 2.41 bits per heavy atom. The number of alkyl halides is 3. The molecule has 34 heavy (non-hydrogen) atoms. The highest BCUT2D eigenvalue weighted by Gasteiger charge is 2.30. The minimum atomic E-state index is -4.36. The molecule has 0 radical (unpaired) electrons. The predicted octanol–water partition coefficient (Wildman–Crippen LogP) is 5.71. The Labute approximate surface area is 194 Å². The SMILES string of the molecule is Fc1ccc(Cn2cccc2CN2CCc3nc(-c4ccc(C(F)(F)F)cc4)ncc3C2)cc1. The zero-order valence-electron chi connectivity index (χ0n) is 18.3. The lowest BCUT2D eigenvalue weighted by Crippen LogP contribution is -2.31. The van der Waals surface area contributed by atoms with Crippen LogP contribution < -0.4 is 0 Å². The standard InChI is InChI=1S/C26H22F4N4/c27-22-9-3-18(4-10-22)15-34-12-1-2-23(34)17-33-13-11-24-20(16-33)14-31-25(32-24)19-5-7-21(8-6-19)26(28,29)30/h1-10,12,14H,11,13,15-17H2. The maximum atomic E-state index is 13.2. The largest absolute Gasteiger partial charge is 0.416 e. The van der Waals surface area contributed by atoms with Crippen LogP contribution in [0.25, 0.3) is 11.4 Å². The highest BCUT2D eigenvalue weighted by molar-refractivity contribution is 5.56. The summed E-state index contributed by atoms with van der Waals surface area (Å²) >= 11 is 0. The Bertz CT molecular complexity index is 1280. The molecule has 2 aromatic heterocycles. The van der Waals surface area contributed by atoms with Crippen LogP contribution in [0.2, 0.25) is 0 Å². The van der Waals surface area contributed by atoms with Crippen molar-refractivity contribution in [2.75, 3.05) is 6.54 Å². The Hall–Kier alpha value is -3.52. The third kappa shape index (κ3) is 4.87. The molecule has 0 spiro atoms. The molecular formula is C26H22F4N4. The van der Waals surface area contributed by atoms with Crippen molar-refractivity contribution < 1.29 is 17.6 Å². The molecule has 0 saturated carbocycles. The molecule has 0 N–H and O–H groups in total. The van der Waals surface area contributed by atoms with Crippen LogP contribution in [0.5, 0.6) is 0 Å². The molecule has 0 fully saturated rings. The number of hydrogen-bond donors (Lipinski definition) is 0. The van der Waals surface area contributed by atoms with Gasteiger partial charge in [0, 0.05) is 61.8 Å². The smallest absolute Gasteiger partial charge is 0.346 e. The first-order valence-electron chi connectivity index (χ1n) is 11.0. The topological polar surface area (TPSA) is 34.0 Å². The second-order valence-electron chi connectivity index (χ2n) is 8.46. The van der Waals surface area contributed by atoms with Crippen LogP contribution >= 0.6 is 0 Å². The van der Waals surface area contributed by atoms with E-state index in [2.05, 4.69) is 25.5 Å². The van der Waals surface area contributed by atoms with Crippen LogP contribution in [0.15, 0.2) is 73.1 Å². The van der Waals surface area contributed by atoms with E-state index in [-0.39, 0.29) is 5.82 Å². The molecule has 2 aromatic carbocycles. The van der Waals surface area contributed by atoms with Crippen molar-refractivity contribution in [1.82, 2.24) is 19.4 Å². The van der Waals surface area contributed by atoms with Gasteiger partial charge in [-0.05, 0) is 42.0 Å². The van der Waals surface area contributed by atoms with Crippen molar-refractivity contribution in [3.05, 3.63) is 107 Å². The molecule has 4 aromatic rings. The number of rotatable bonds is 5. The summed E-state index contributed by atoms with van der Waals surface area (Å²) in [6, 6.07) is 15.6. The quantitative estimate of drug-likeness (QED) is 0.354. The van der Waals surface area contributed by atoms with Crippen molar-refractivity contribution in [1.29, 1.82) is 0 Å². The number of halogens is 4. The van der Waals surface area contributed by atoms with Gasteiger partial charge in [0.2, 0.25) is 0 Å². The van der Waals surface area contributed by atoms with Gasteiger partial charge in [-0.15, -0.1) is 0 Å². The fourth-order valence-corrected chi connectivity index (χ4v) is 4.22. The summed E-state index contributed by atoms with van der Waals surface area (Å²) in [5.74, 6) is 0.196. The Morgan fingerprint density at radius 2 is 1.68 bits per heavy atom. The normalized spacial score (nSPS) is 14.2. The first-order valence-corrected chi connectivity index (χ1v) is 11.0. The summed E-state index contributed by atoms with van der Waals surface area (Å²) in [4.78, 5) is 11.4. The molecule has 3 heterocycles. The van der Waals surface area contributed by atoms with Gasteiger partial charge in [-0.1, -0.05) is 24.3 Å². The molecule has 0 amide bonds. The summed E-state index contributed by atoms with van der Waals surface area (Å²) < 4.78 is 53.8. The van der Waals surface area contributed by atoms with Gasteiger partial charge in [0.15, 0.2) is 5.82 Å². The Balaban J connectivity index is 1.27. The van der Waals surface area contributed by atoms with Crippen molar-refractivity contribution >= 4 is 0 Å². The fourth-order valence-electron chi connectivity index (χ4n) is 4.22. The first kappa shape index (κ1) is 22.3. The van der Waals surface area contributed by atoms with Gasteiger partial charge in [0.05, 0.1) is 11.3 Å². The second kappa shape index (κ2) is 9.02. The lowest BCUT2D eigenvalue weighted by molar-refractivity contribution is -0.137. The zero-order valence-corrected chi connectivity index (χ0v) is 18.3. The van der Waals surface area contributed by atoms with Crippen LogP contribution in [0.4, 0.5) is 17.6 Å². The van der Waals surface area contributed by atoms with Gasteiger partial charge in [0.1, 0.15) is 5.82 Å². The van der Waals surface area contributed by atoms with E-state index in [1.165, 1.54) is 24.3 Å². The van der Waals surface area contributed by atoms with E-state index in [1.807, 2.05) is 12.3 Å². The number of aromatic nitrogens is 3. The molecule has 0 atom stereocenters. The minimum absolute atomic E-state index is 0.243. The summed E-state index contributed by atoms with van der Waals surface area (Å²) in [6.45, 7) is 2.95. The number of nitrogens with zero attached hydrogens (tertiary/aromatic N) is 4. The van der Waals surface area contributed by atoms with Crippen LogP contribution in [-0.2, 0) is 32.2 Å². The highest BCUT2D eigenvalue weighted by Crippen LogP contribution is 2.30. The van der Waals surface area contributed by atoms with Crippen molar-refractivity contribution in [3.8, 4) is 11.4 Å². The summed E-state index contributed by atoms with van der Waals surface area (Å²) in [5.41, 5.74) is 4.04. The van der Waals surface area contributed by atoms with E-state index in [1.54, 1.807) is 18.3 Å². The molecule has 1 aliphatic heterocycles. The van der Waals surface area contributed by atoms with Gasteiger partial charge in [-0.2, -0.15) is 13.2 Å². The van der Waals surface area contributed by atoms with Crippen molar-refractivity contribution in [3.63, 3.8) is 0 Å². The fraction of sp³-hybridized carbons (Fsp3) is 0.231. The van der Waals surface area contributed by atoms with Gasteiger partial charge in [-0.25, -0.2) is 14.4 Å². The van der Waals surface area contributed by atoms with Crippen LogP contribution in [0, 0.1) is 5.82 Å². The molecule has 1 aliphatic rings. The summed E-state index contributed by atoms with van der Waals surface area (Å²) in [7, 11) is 0. The molecule has 0 unspecified atom stereocenters. The van der Waals surface area contributed by atoms with Crippen LogP contribution in [0.1, 0.15) is 28.1 Å². The molecule has 0 bridgehead atoms. The summed E-state index contributed by atoms with van der Waals surface area (Å²) in [5, 5.41) is 0. The predicted molar refractivity (Wildman–Crippen MR) is 120 cm³/mol. The molecule has 174 valence electrons. The zero-order chi connectivity index (χ0) is 23.7. The van der Waals surface area contributed by atoms with Gasteiger partial charge >= 0.3 is 6.18 Å². The number of fused-ring (bicyclic) bond motifs is 1. The average Bonchev–Trinajstić information content (AvgIpc) is 3.26. The molecular weight excluding hydrogens is 444 g/mol. The molecule has 0 saturated heterocycles. The average molecular weight is 466 g/mol. The van der Waals surface area contributed by atoms with E-state index in [0.29, 0.717) is 24.5 Å². The number of hydrogen-bond acceptors (Lipinski definition) is 3. The van der Waals surface area contributed by atoms with Gasteiger partial charge < -0.3 is 4.57 Å². The van der Waals surface area contributed by atoms with Crippen molar-refractivity contribution in [2.24, 2.45) is 0 Å². The van der Waals surface area contributed by atoms with Crippen molar-refractivity contribution in [2.45, 2.75) is 32.2 Å². The van der Waals surface area contributed by atoms with Gasteiger partial charge in [0.25, 0.3) is 0 Å². The molecule has 8 heteroatoms. The molecule has 5 rings (SSSR count). The van der Waals surface area contributed by atoms with E-state index < -0.39 is 11.7 Å². The van der Waals surface area contributed by atoms with E-state index >= 15 is 0 Å². The monoisotopic (exact) mass is 466 g/mol. The minimum Gasteiger partial charge on any atom is -0.346 e. The van der Waals surface area contributed by atoms with E-state index in [0.717, 1.165) is 54.2 Å². The first-order chi connectivity index (χ1) is 16.3. The number of benzene rings is 2. The molecule has 4 nitrogen and oxygen atoms in total. The third-order valence-electron chi connectivity index (χ3n) is 6.06.